The van der Waals surface area contributed by atoms with E-state index in [0.717, 1.165) is 88.5 Å². The topological polar surface area (TPSA) is 118 Å². The third-order valence-electron chi connectivity index (χ3n) is 4.77. The summed E-state index contributed by atoms with van der Waals surface area (Å²) in [6.45, 7) is 5.63. The molecular formula is C20H38Cl4N6O2. The molecule has 0 amide bonds. The third-order valence-corrected chi connectivity index (χ3v) is 4.77. The fourth-order valence-electron chi connectivity index (χ4n) is 3.20. The molecule has 1 aromatic rings. The summed E-state index contributed by atoms with van der Waals surface area (Å²) >= 11 is 0. The van der Waals surface area contributed by atoms with E-state index < -0.39 is 0 Å². The van der Waals surface area contributed by atoms with Gasteiger partial charge in [-0.3, -0.25) is 15.1 Å². The summed E-state index contributed by atoms with van der Waals surface area (Å²) in [4.78, 5) is 15.3. The van der Waals surface area contributed by atoms with E-state index in [1.807, 2.05) is 0 Å². The zero-order valence-corrected chi connectivity index (χ0v) is 21.6. The molecule has 0 aliphatic carbocycles. The number of non-ortho nitro benzene ring substituents is 1. The molecule has 1 heterocycles. The van der Waals surface area contributed by atoms with Crippen molar-refractivity contribution in [3.05, 3.63) is 33.9 Å². The minimum absolute atomic E-state index is 0. The Bertz CT molecular complexity index is 653. The molecule has 0 saturated carbocycles. The smallest absolute Gasteiger partial charge is 0.269 e. The number of anilines is 1. The highest BCUT2D eigenvalue weighted by Crippen LogP contribution is 2.26. The standard InChI is InChI=1S/C20H34N6O2.4ClH/c21-10-4-13-22-11-1-2-12-23-14-5-15-24-20-7-3-6-17-16-18(26(27)28)8-9-19(17)25-20;;;;/h8-9,16,22-23H,1-7,10-15,21H2,(H,24,25);4*1H. The Morgan fingerprint density at radius 2 is 1.59 bits per heavy atom. The predicted octanol–water partition coefficient (Wildman–Crippen LogP) is 4.13. The summed E-state index contributed by atoms with van der Waals surface area (Å²) in [7, 11) is 0. The van der Waals surface area contributed by atoms with Crippen LogP contribution < -0.4 is 21.7 Å². The van der Waals surface area contributed by atoms with E-state index in [2.05, 4.69) is 20.9 Å². The fraction of sp³-hybridized carbons (Fsp3) is 0.650. The van der Waals surface area contributed by atoms with Crippen LogP contribution >= 0.6 is 49.6 Å². The molecule has 0 spiro atoms. The highest BCUT2D eigenvalue weighted by atomic mass is 35.5. The first-order chi connectivity index (χ1) is 13.7. The van der Waals surface area contributed by atoms with Crippen molar-refractivity contribution in [3.63, 3.8) is 0 Å². The van der Waals surface area contributed by atoms with Gasteiger partial charge in [0.05, 0.1) is 4.92 Å². The zero-order valence-electron chi connectivity index (χ0n) is 18.3. The summed E-state index contributed by atoms with van der Waals surface area (Å²) in [6.07, 6.45) is 7.08. The lowest BCUT2D eigenvalue weighted by molar-refractivity contribution is -0.384. The predicted molar refractivity (Wildman–Crippen MR) is 144 cm³/mol. The molecule has 188 valence electrons. The van der Waals surface area contributed by atoms with Crippen molar-refractivity contribution < 1.29 is 4.92 Å². The summed E-state index contributed by atoms with van der Waals surface area (Å²) in [5, 5.41) is 21.1. The Kier molecular flexibility index (Phi) is 24.5. The number of nitrogens with zero attached hydrogens (tertiary/aromatic N) is 2. The van der Waals surface area contributed by atoms with Crippen molar-refractivity contribution in [1.82, 2.24) is 10.6 Å². The molecule has 1 aromatic carbocycles. The summed E-state index contributed by atoms with van der Waals surface area (Å²) < 4.78 is 0. The van der Waals surface area contributed by atoms with Crippen molar-refractivity contribution in [1.29, 1.82) is 0 Å². The lowest BCUT2D eigenvalue weighted by Gasteiger charge is -2.09. The molecule has 5 N–H and O–H groups in total. The summed E-state index contributed by atoms with van der Waals surface area (Å²) in [5.41, 5.74) is 7.55. The zero-order chi connectivity index (χ0) is 20.0. The molecule has 2 rings (SSSR count). The van der Waals surface area contributed by atoms with Gasteiger partial charge in [-0.15, -0.1) is 49.6 Å². The van der Waals surface area contributed by atoms with Gasteiger partial charge < -0.3 is 21.7 Å². The van der Waals surface area contributed by atoms with Gasteiger partial charge in [0.1, 0.15) is 5.84 Å². The van der Waals surface area contributed by atoms with Gasteiger partial charge >= 0.3 is 0 Å². The molecule has 12 heteroatoms. The molecule has 0 atom stereocenters. The number of benzene rings is 1. The van der Waals surface area contributed by atoms with Gasteiger partial charge in [-0.25, -0.2) is 0 Å². The second-order valence-corrected chi connectivity index (χ2v) is 7.11. The van der Waals surface area contributed by atoms with Crippen molar-refractivity contribution in [3.8, 4) is 0 Å². The van der Waals surface area contributed by atoms with Crippen LogP contribution in [0.1, 0.15) is 44.1 Å². The van der Waals surface area contributed by atoms with Crippen LogP contribution in [-0.2, 0) is 6.42 Å². The number of unbranched alkanes of at least 4 members (excludes halogenated alkanes) is 1. The van der Waals surface area contributed by atoms with Gasteiger partial charge in [0.2, 0.25) is 0 Å². The van der Waals surface area contributed by atoms with Crippen molar-refractivity contribution in [2.24, 2.45) is 10.7 Å². The van der Waals surface area contributed by atoms with E-state index >= 15 is 0 Å². The lowest BCUT2D eigenvalue weighted by atomic mass is 10.1. The number of nitro groups is 1. The van der Waals surface area contributed by atoms with Gasteiger partial charge in [-0.1, -0.05) is 0 Å². The first kappa shape index (κ1) is 35.7. The number of nitrogens with one attached hydrogen (secondary N) is 3. The maximum atomic E-state index is 10.9. The normalized spacial score (nSPS) is 13.2. The SMILES string of the molecule is Cl.Cl.Cl.Cl.NCCCNCCCCNCCCN=C1CCCc2cc([N+](=O)[O-])ccc2N1. The van der Waals surface area contributed by atoms with E-state index in [1.54, 1.807) is 18.2 Å². The van der Waals surface area contributed by atoms with Gasteiger partial charge in [-0.2, -0.15) is 0 Å². The minimum atomic E-state index is -0.342. The van der Waals surface area contributed by atoms with Crippen molar-refractivity contribution >= 4 is 66.8 Å². The molecule has 8 nitrogen and oxygen atoms in total. The van der Waals surface area contributed by atoms with Gasteiger partial charge in [0.25, 0.3) is 5.69 Å². The molecule has 0 aromatic heterocycles. The number of hydrogen-bond acceptors (Lipinski definition) is 6. The number of aryl methyl sites for hydroxylation is 1. The Labute approximate surface area is 216 Å². The highest BCUT2D eigenvalue weighted by Gasteiger charge is 2.15. The van der Waals surface area contributed by atoms with E-state index in [0.29, 0.717) is 0 Å². The van der Waals surface area contributed by atoms with Crippen molar-refractivity contribution in [2.45, 2.75) is 44.9 Å². The number of halogens is 4. The maximum absolute atomic E-state index is 10.9. The van der Waals surface area contributed by atoms with Gasteiger partial charge in [0.15, 0.2) is 0 Å². The molecule has 0 saturated heterocycles. The van der Waals surface area contributed by atoms with Crippen LogP contribution in [0.5, 0.6) is 0 Å². The average molecular weight is 536 g/mol. The number of hydrogen-bond donors (Lipinski definition) is 4. The van der Waals surface area contributed by atoms with E-state index in [1.165, 1.54) is 12.8 Å². The Morgan fingerprint density at radius 1 is 0.969 bits per heavy atom. The second-order valence-electron chi connectivity index (χ2n) is 7.11. The second kappa shape index (κ2) is 21.9. The molecule has 1 aliphatic heterocycles. The average Bonchev–Trinajstić information content (AvgIpc) is 2.90. The number of rotatable bonds is 13. The fourth-order valence-corrected chi connectivity index (χ4v) is 3.20. The van der Waals surface area contributed by atoms with E-state index in [9.17, 15) is 10.1 Å². The monoisotopic (exact) mass is 534 g/mol. The highest BCUT2D eigenvalue weighted by molar-refractivity contribution is 5.96. The maximum Gasteiger partial charge on any atom is 0.269 e. The molecule has 0 radical (unpaired) electrons. The molecular weight excluding hydrogens is 498 g/mol. The van der Waals surface area contributed by atoms with Crippen LogP contribution in [-0.4, -0.2) is 50.0 Å². The number of nitro benzene ring substituents is 1. The molecule has 0 bridgehead atoms. The summed E-state index contributed by atoms with van der Waals surface area (Å²) in [6, 6.07) is 5.01. The Hall–Kier alpha value is -0.870. The number of amidine groups is 1. The molecule has 0 unspecified atom stereocenters. The quantitative estimate of drug-likeness (QED) is 0.171. The van der Waals surface area contributed by atoms with Crippen LogP contribution in [0.25, 0.3) is 0 Å². The largest absolute Gasteiger partial charge is 0.344 e. The molecule has 0 fully saturated rings. The first-order valence-corrected chi connectivity index (χ1v) is 10.4. The number of nitrogens with two attached hydrogens (primary N) is 1. The van der Waals surface area contributed by atoms with Crippen LogP contribution in [0.3, 0.4) is 0 Å². The third kappa shape index (κ3) is 14.3. The minimum Gasteiger partial charge on any atom is -0.344 e. The van der Waals surface area contributed by atoms with E-state index in [4.69, 9.17) is 5.73 Å². The van der Waals surface area contributed by atoms with Crippen LogP contribution in [0.15, 0.2) is 23.2 Å². The van der Waals surface area contributed by atoms with Crippen molar-refractivity contribution in [2.75, 3.05) is 44.6 Å². The van der Waals surface area contributed by atoms with Crippen LogP contribution in [0.4, 0.5) is 11.4 Å². The lowest BCUT2D eigenvalue weighted by Crippen LogP contribution is -2.22. The first-order valence-electron chi connectivity index (χ1n) is 10.4. The van der Waals surface area contributed by atoms with E-state index in [-0.39, 0.29) is 60.2 Å². The Balaban J connectivity index is -0.00000210. The molecule has 1 aliphatic rings. The summed E-state index contributed by atoms with van der Waals surface area (Å²) in [5.74, 6) is 0.983. The van der Waals surface area contributed by atoms with Crippen LogP contribution in [0.2, 0.25) is 0 Å². The van der Waals surface area contributed by atoms with Gasteiger partial charge in [-0.05, 0) is 82.9 Å². The molecule has 32 heavy (non-hydrogen) atoms. The number of aliphatic imine (C=N–C) groups is 1. The number of fused-ring (bicyclic) bond motifs is 1. The van der Waals surface area contributed by atoms with Crippen LogP contribution in [0, 0.1) is 10.1 Å². The Morgan fingerprint density at radius 3 is 2.22 bits per heavy atom. The van der Waals surface area contributed by atoms with Gasteiger partial charge in [0, 0.05) is 30.8 Å².